The SMILES string of the molecule is O=C(c1cncc(Cl)c1)N1CCC2(CC1)OCCc1c2[nH]c2ccccc12. The van der Waals surface area contributed by atoms with Crippen LogP contribution >= 0.6 is 11.6 Å². The van der Waals surface area contributed by atoms with Crippen molar-refractivity contribution >= 4 is 28.4 Å². The highest BCUT2D eigenvalue weighted by Gasteiger charge is 2.43. The van der Waals surface area contributed by atoms with Crippen molar-refractivity contribution in [1.82, 2.24) is 14.9 Å². The molecule has 4 heterocycles. The number of carbonyl (C=O) groups is 1. The van der Waals surface area contributed by atoms with E-state index in [1.807, 2.05) is 4.90 Å². The van der Waals surface area contributed by atoms with E-state index in [-0.39, 0.29) is 11.5 Å². The monoisotopic (exact) mass is 381 g/mol. The van der Waals surface area contributed by atoms with Gasteiger partial charge in [0.2, 0.25) is 0 Å². The lowest BCUT2D eigenvalue weighted by atomic mass is 9.83. The number of likely N-dealkylation sites (tertiary alicyclic amines) is 1. The van der Waals surface area contributed by atoms with Crippen molar-refractivity contribution in [3.63, 3.8) is 0 Å². The summed E-state index contributed by atoms with van der Waals surface area (Å²) in [6.45, 7) is 2.03. The summed E-state index contributed by atoms with van der Waals surface area (Å²) in [7, 11) is 0. The standard InChI is InChI=1S/C21H20ClN3O2/c22-15-11-14(12-23-13-15)20(26)25-8-6-21(7-9-25)19-17(5-10-27-21)16-3-1-2-4-18(16)24-19/h1-4,11-13,24H,5-10H2. The van der Waals surface area contributed by atoms with Crippen molar-refractivity contribution in [1.29, 1.82) is 0 Å². The second-order valence-corrected chi connectivity index (χ2v) is 7.74. The van der Waals surface area contributed by atoms with Gasteiger partial charge in [-0.05, 0) is 37.0 Å². The molecule has 3 aromatic rings. The smallest absolute Gasteiger partial charge is 0.255 e. The minimum Gasteiger partial charge on any atom is -0.368 e. The average Bonchev–Trinajstić information content (AvgIpc) is 3.09. The van der Waals surface area contributed by atoms with Crippen LogP contribution < -0.4 is 0 Å². The molecular formula is C21H20ClN3O2. The van der Waals surface area contributed by atoms with E-state index in [0.29, 0.717) is 23.7 Å². The van der Waals surface area contributed by atoms with Crippen LogP contribution in [0.5, 0.6) is 0 Å². The van der Waals surface area contributed by atoms with Crippen LogP contribution in [0.3, 0.4) is 0 Å². The molecule has 5 nitrogen and oxygen atoms in total. The first-order valence-electron chi connectivity index (χ1n) is 9.30. The second kappa shape index (κ2) is 6.36. The number of amides is 1. The predicted molar refractivity (Wildman–Crippen MR) is 104 cm³/mol. The van der Waals surface area contributed by atoms with Crippen LogP contribution in [-0.2, 0) is 16.8 Å². The molecule has 2 aromatic heterocycles. The molecule has 5 rings (SSSR count). The van der Waals surface area contributed by atoms with Crippen molar-refractivity contribution in [2.45, 2.75) is 24.9 Å². The number of H-pyrrole nitrogens is 1. The van der Waals surface area contributed by atoms with E-state index >= 15 is 0 Å². The molecule has 1 saturated heterocycles. The molecular weight excluding hydrogens is 362 g/mol. The molecule has 2 aliphatic heterocycles. The number of hydrogen-bond acceptors (Lipinski definition) is 3. The number of nitrogens with zero attached hydrogens (tertiary/aromatic N) is 2. The zero-order chi connectivity index (χ0) is 18.4. The highest BCUT2D eigenvalue weighted by atomic mass is 35.5. The van der Waals surface area contributed by atoms with E-state index < -0.39 is 0 Å². The summed E-state index contributed by atoms with van der Waals surface area (Å²) in [5, 5.41) is 1.77. The van der Waals surface area contributed by atoms with Crippen LogP contribution in [0.1, 0.15) is 34.5 Å². The van der Waals surface area contributed by atoms with Gasteiger partial charge in [-0.1, -0.05) is 29.8 Å². The molecule has 6 heteroatoms. The number of aromatic amines is 1. The molecule has 1 aromatic carbocycles. The molecule has 1 N–H and O–H groups in total. The Morgan fingerprint density at radius 1 is 1.22 bits per heavy atom. The zero-order valence-electron chi connectivity index (χ0n) is 14.9. The summed E-state index contributed by atoms with van der Waals surface area (Å²) in [6, 6.07) is 10.1. The molecule has 1 fully saturated rings. The Morgan fingerprint density at radius 2 is 2.04 bits per heavy atom. The number of aromatic nitrogens is 2. The third-order valence-corrected chi connectivity index (χ3v) is 6.02. The number of benzene rings is 1. The summed E-state index contributed by atoms with van der Waals surface area (Å²) in [5.74, 6) is -0.0208. The Hall–Kier alpha value is -2.37. The van der Waals surface area contributed by atoms with Gasteiger partial charge in [-0.2, -0.15) is 0 Å². The van der Waals surface area contributed by atoms with Gasteiger partial charge in [0.25, 0.3) is 5.91 Å². The Labute approximate surface area is 162 Å². The van der Waals surface area contributed by atoms with Crippen LogP contribution in [0.4, 0.5) is 0 Å². The normalized spacial score (nSPS) is 18.6. The summed E-state index contributed by atoms with van der Waals surface area (Å²) in [6.07, 6.45) is 5.61. The first-order valence-corrected chi connectivity index (χ1v) is 9.68. The number of pyridine rings is 1. The molecule has 2 aliphatic rings. The number of carbonyl (C=O) groups excluding carboxylic acids is 1. The number of ether oxygens (including phenoxy) is 1. The van der Waals surface area contributed by atoms with Gasteiger partial charge in [0.05, 0.1) is 22.9 Å². The van der Waals surface area contributed by atoms with E-state index in [1.165, 1.54) is 22.8 Å². The largest absolute Gasteiger partial charge is 0.368 e. The Bertz CT molecular complexity index is 1020. The number of halogens is 1. The van der Waals surface area contributed by atoms with Gasteiger partial charge in [0, 0.05) is 36.4 Å². The minimum absolute atomic E-state index is 0.0208. The van der Waals surface area contributed by atoms with Crippen molar-refractivity contribution in [2.75, 3.05) is 19.7 Å². The van der Waals surface area contributed by atoms with E-state index in [2.05, 4.69) is 34.2 Å². The highest BCUT2D eigenvalue weighted by Crippen LogP contribution is 2.43. The Kier molecular flexibility index (Phi) is 3.95. The molecule has 0 atom stereocenters. The van der Waals surface area contributed by atoms with Crippen LogP contribution in [0.25, 0.3) is 10.9 Å². The van der Waals surface area contributed by atoms with Crippen LogP contribution in [0, 0.1) is 0 Å². The zero-order valence-corrected chi connectivity index (χ0v) is 15.6. The van der Waals surface area contributed by atoms with Crippen molar-refractivity contribution < 1.29 is 9.53 Å². The van der Waals surface area contributed by atoms with E-state index in [1.54, 1.807) is 12.3 Å². The molecule has 0 saturated carbocycles. The van der Waals surface area contributed by atoms with E-state index in [0.717, 1.165) is 31.4 Å². The van der Waals surface area contributed by atoms with Crippen LogP contribution in [0.15, 0.2) is 42.7 Å². The van der Waals surface area contributed by atoms with Gasteiger partial charge in [-0.15, -0.1) is 0 Å². The molecule has 0 radical (unpaired) electrons. The average molecular weight is 382 g/mol. The number of hydrogen-bond donors (Lipinski definition) is 1. The van der Waals surface area contributed by atoms with Crippen LogP contribution in [-0.4, -0.2) is 40.5 Å². The Balaban J connectivity index is 1.41. The van der Waals surface area contributed by atoms with Gasteiger partial charge in [-0.3, -0.25) is 9.78 Å². The van der Waals surface area contributed by atoms with Crippen molar-refractivity contribution in [3.8, 4) is 0 Å². The van der Waals surface area contributed by atoms with Crippen molar-refractivity contribution in [2.24, 2.45) is 0 Å². The summed E-state index contributed by atoms with van der Waals surface area (Å²) < 4.78 is 6.31. The highest BCUT2D eigenvalue weighted by molar-refractivity contribution is 6.30. The second-order valence-electron chi connectivity index (χ2n) is 7.30. The van der Waals surface area contributed by atoms with Crippen LogP contribution in [0.2, 0.25) is 5.02 Å². The number of fused-ring (bicyclic) bond motifs is 4. The maximum atomic E-state index is 12.8. The summed E-state index contributed by atoms with van der Waals surface area (Å²) in [5.41, 5.74) is 3.95. The number of nitrogens with one attached hydrogen (secondary N) is 1. The van der Waals surface area contributed by atoms with Gasteiger partial charge in [0.1, 0.15) is 5.60 Å². The van der Waals surface area contributed by atoms with E-state index in [4.69, 9.17) is 16.3 Å². The minimum atomic E-state index is -0.323. The van der Waals surface area contributed by atoms with Gasteiger partial charge >= 0.3 is 0 Å². The third kappa shape index (κ3) is 2.73. The molecule has 1 amide bonds. The lowest BCUT2D eigenvalue weighted by Crippen LogP contribution is -2.48. The summed E-state index contributed by atoms with van der Waals surface area (Å²) >= 11 is 5.98. The predicted octanol–water partition coefficient (Wildman–Crippen LogP) is 3.92. The maximum Gasteiger partial charge on any atom is 0.255 e. The third-order valence-electron chi connectivity index (χ3n) is 5.81. The fourth-order valence-electron chi connectivity index (χ4n) is 4.45. The number of piperidine rings is 1. The molecule has 138 valence electrons. The van der Waals surface area contributed by atoms with Crippen molar-refractivity contribution in [3.05, 3.63) is 64.6 Å². The van der Waals surface area contributed by atoms with E-state index in [9.17, 15) is 4.79 Å². The Morgan fingerprint density at radius 3 is 2.85 bits per heavy atom. The fourth-order valence-corrected chi connectivity index (χ4v) is 4.62. The summed E-state index contributed by atoms with van der Waals surface area (Å²) in [4.78, 5) is 22.3. The lowest BCUT2D eigenvalue weighted by molar-refractivity contribution is -0.0957. The molecule has 0 aliphatic carbocycles. The molecule has 1 spiro atoms. The first-order chi connectivity index (χ1) is 13.2. The first kappa shape index (κ1) is 16.8. The van der Waals surface area contributed by atoms with Gasteiger partial charge in [0.15, 0.2) is 0 Å². The van der Waals surface area contributed by atoms with Gasteiger partial charge < -0.3 is 14.6 Å². The topological polar surface area (TPSA) is 58.2 Å². The fraction of sp³-hybridized carbons (Fsp3) is 0.333. The molecule has 27 heavy (non-hydrogen) atoms. The molecule has 0 unspecified atom stereocenters. The molecule has 0 bridgehead atoms. The maximum absolute atomic E-state index is 12.8. The van der Waals surface area contributed by atoms with Gasteiger partial charge in [-0.25, -0.2) is 0 Å². The lowest BCUT2D eigenvalue weighted by Gasteiger charge is -2.43. The quantitative estimate of drug-likeness (QED) is 0.695. The number of para-hydroxylation sites is 1. The number of rotatable bonds is 1.